The molecular formula is C18H25N3O. The second kappa shape index (κ2) is 5.67. The van der Waals surface area contributed by atoms with E-state index in [1.54, 1.807) is 0 Å². The lowest BCUT2D eigenvalue weighted by Crippen LogP contribution is -2.18. The summed E-state index contributed by atoms with van der Waals surface area (Å²) >= 11 is 0. The lowest BCUT2D eigenvalue weighted by Gasteiger charge is -2.28. The Hall–Kier alpha value is -1.97. The fourth-order valence-corrected chi connectivity index (χ4v) is 2.48. The number of aromatic hydroxyl groups is 1. The van der Waals surface area contributed by atoms with Crippen LogP contribution in [-0.2, 0) is 17.3 Å². The number of hydrogen-bond donors (Lipinski definition) is 1. The van der Waals surface area contributed by atoms with Crippen molar-refractivity contribution in [2.45, 2.75) is 58.8 Å². The molecule has 22 heavy (non-hydrogen) atoms. The molecule has 0 fully saturated rings. The van der Waals surface area contributed by atoms with Crippen molar-refractivity contribution < 1.29 is 5.11 Å². The van der Waals surface area contributed by atoms with E-state index in [0.29, 0.717) is 12.2 Å². The maximum absolute atomic E-state index is 10.7. The first kappa shape index (κ1) is 16.4. The number of rotatable bonds is 2. The van der Waals surface area contributed by atoms with Crippen LogP contribution in [0.2, 0.25) is 0 Å². The summed E-state index contributed by atoms with van der Waals surface area (Å²) < 4.78 is 0. The predicted molar refractivity (Wildman–Crippen MR) is 88.1 cm³/mol. The molecule has 4 heteroatoms. The third kappa shape index (κ3) is 3.62. The van der Waals surface area contributed by atoms with Crippen molar-refractivity contribution >= 4 is 0 Å². The van der Waals surface area contributed by atoms with E-state index in [1.165, 1.54) is 12.7 Å². The molecule has 0 saturated carbocycles. The van der Waals surface area contributed by atoms with Gasteiger partial charge < -0.3 is 5.11 Å². The monoisotopic (exact) mass is 299 g/mol. The third-order valence-electron chi connectivity index (χ3n) is 3.69. The average molecular weight is 299 g/mol. The SMILES string of the molecule is CC(C)(C)c1cc(Cc2ncncn2)cc(C(C)(C)C)c1O. The molecule has 0 spiro atoms. The van der Waals surface area contributed by atoms with Crippen LogP contribution in [-0.4, -0.2) is 20.1 Å². The van der Waals surface area contributed by atoms with Crippen molar-refractivity contribution in [3.05, 3.63) is 47.3 Å². The van der Waals surface area contributed by atoms with Gasteiger partial charge in [-0.25, -0.2) is 15.0 Å². The van der Waals surface area contributed by atoms with Crippen LogP contribution in [0, 0.1) is 0 Å². The third-order valence-corrected chi connectivity index (χ3v) is 3.69. The van der Waals surface area contributed by atoms with Crippen molar-refractivity contribution in [1.29, 1.82) is 0 Å². The molecule has 0 bridgehead atoms. The zero-order valence-corrected chi connectivity index (χ0v) is 14.3. The minimum atomic E-state index is -0.126. The van der Waals surface area contributed by atoms with Crippen LogP contribution in [0.5, 0.6) is 5.75 Å². The normalized spacial score (nSPS) is 12.5. The van der Waals surface area contributed by atoms with Crippen LogP contribution in [0.3, 0.4) is 0 Å². The van der Waals surface area contributed by atoms with Gasteiger partial charge in [0.05, 0.1) is 0 Å². The Kier molecular flexibility index (Phi) is 4.23. The van der Waals surface area contributed by atoms with E-state index in [9.17, 15) is 5.11 Å². The summed E-state index contributed by atoms with van der Waals surface area (Å²) in [4.78, 5) is 12.2. The second-order valence-corrected chi connectivity index (χ2v) is 7.77. The zero-order valence-electron chi connectivity index (χ0n) is 14.3. The van der Waals surface area contributed by atoms with Gasteiger partial charge in [0, 0.05) is 6.42 Å². The smallest absolute Gasteiger partial charge is 0.136 e. The molecule has 0 amide bonds. The fourth-order valence-electron chi connectivity index (χ4n) is 2.48. The van der Waals surface area contributed by atoms with Gasteiger partial charge in [-0.3, -0.25) is 0 Å². The van der Waals surface area contributed by atoms with E-state index in [-0.39, 0.29) is 10.8 Å². The Bertz CT molecular complexity index is 617. The second-order valence-electron chi connectivity index (χ2n) is 7.77. The van der Waals surface area contributed by atoms with E-state index < -0.39 is 0 Å². The molecule has 118 valence electrons. The van der Waals surface area contributed by atoms with Crippen molar-refractivity contribution in [2.24, 2.45) is 0 Å². The van der Waals surface area contributed by atoms with E-state index in [1.807, 2.05) is 0 Å². The Labute approximate surface area is 132 Å². The van der Waals surface area contributed by atoms with Crippen LogP contribution in [0.4, 0.5) is 0 Å². The molecule has 0 aliphatic carbocycles. The van der Waals surface area contributed by atoms with Gasteiger partial charge in [0.25, 0.3) is 0 Å². The van der Waals surface area contributed by atoms with Gasteiger partial charge in [-0.2, -0.15) is 0 Å². The summed E-state index contributed by atoms with van der Waals surface area (Å²) in [7, 11) is 0. The minimum Gasteiger partial charge on any atom is -0.507 e. The number of aromatic nitrogens is 3. The van der Waals surface area contributed by atoms with Gasteiger partial charge in [-0.05, 0) is 27.5 Å². The molecule has 0 atom stereocenters. The molecule has 1 aromatic heterocycles. The van der Waals surface area contributed by atoms with Crippen LogP contribution < -0.4 is 0 Å². The summed E-state index contributed by atoms with van der Waals surface area (Å²) in [5.41, 5.74) is 2.78. The summed E-state index contributed by atoms with van der Waals surface area (Å²) in [6, 6.07) is 4.13. The number of benzene rings is 1. The summed E-state index contributed by atoms with van der Waals surface area (Å²) in [6.45, 7) is 12.7. The Morgan fingerprint density at radius 2 is 1.32 bits per heavy atom. The average Bonchev–Trinajstić information content (AvgIpc) is 2.39. The maximum Gasteiger partial charge on any atom is 0.136 e. The first-order chi connectivity index (χ1) is 10.1. The van der Waals surface area contributed by atoms with Crippen molar-refractivity contribution in [3.63, 3.8) is 0 Å². The number of phenolic OH excluding ortho intramolecular Hbond substituents is 1. The van der Waals surface area contributed by atoms with Crippen LogP contribution in [0.25, 0.3) is 0 Å². The van der Waals surface area contributed by atoms with E-state index >= 15 is 0 Å². The standard InChI is InChI=1S/C18H25N3O/c1-17(2,3)13-7-12(9-15-20-10-19-11-21-15)8-14(16(13)22)18(4,5)6/h7-8,10-11,22H,9H2,1-6H3. The molecule has 1 heterocycles. The molecule has 2 rings (SSSR count). The van der Waals surface area contributed by atoms with Gasteiger partial charge in [0.1, 0.15) is 24.2 Å². The number of hydrogen-bond acceptors (Lipinski definition) is 4. The quantitative estimate of drug-likeness (QED) is 0.917. The van der Waals surface area contributed by atoms with Gasteiger partial charge in [-0.15, -0.1) is 0 Å². The molecule has 1 N–H and O–H groups in total. The van der Waals surface area contributed by atoms with Crippen molar-refractivity contribution in [1.82, 2.24) is 15.0 Å². The van der Waals surface area contributed by atoms with Crippen LogP contribution >= 0.6 is 0 Å². The highest BCUT2D eigenvalue weighted by atomic mass is 16.3. The van der Waals surface area contributed by atoms with Crippen LogP contribution in [0.15, 0.2) is 24.8 Å². The zero-order chi connectivity index (χ0) is 16.5. The Morgan fingerprint density at radius 1 is 0.864 bits per heavy atom. The topological polar surface area (TPSA) is 58.9 Å². The van der Waals surface area contributed by atoms with Crippen molar-refractivity contribution in [3.8, 4) is 5.75 Å². The molecule has 0 radical (unpaired) electrons. The highest BCUT2D eigenvalue weighted by Crippen LogP contribution is 2.39. The van der Waals surface area contributed by atoms with E-state index in [4.69, 9.17) is 0 Å². The molecule has 0 aliphatic heterocycles. The largest absolute Gasteiger partial charge is 0.507 e. The van der Waals surface area contributed by atoms with Gasteiger partial charge in [-0.1, -0.05) is 53.7 Å². The summed E-state index contributed by atoms with van der Waals surface area (Å²) in [5, 5.41) is 10.7. The number of phenols is 1. The molecule has 0 unspecified atom stereocenters. The maximum atomic E-state index is 10.7. The van der Waals surface area contributed by atoms with Gasteiger partial charge >= 0.3 is 0 Å². The number of nitrogens with zero attached hydrogens (tertiary/aromatic N) is 3. The first-order valence-electron chi connectivity index (χ1n) is 7.57. The van der Waals surface area contributed by atoms with E-state index in [0.717, 1.165) is 22.5 Å². The molecule has 2 aromatic rings. The molecule has 1 aromatic carbocycles. The highest BCUT2D eigenvalue weighted by molar-refractivity contribution is 5.50. The lowest BCUT2D eigenvalue weighted by molar-refractivity contribution is 0.422. The molecular weight excluding hydrogens is 274 g/mol. The molecule has 0 aliphatic rings. The van der Waals surface area contributed by atoms with Gasteiger partial charge in [0.2, 0.25) is 0 Å². The minimum absolute atomic E-state index is 0.126. The molecule has 4 nitrogen and oxygen atoms in total. The van der Waals surface area contributed by atoms with Crippen LogP contribution in [0.1, 0.15) is 64.1 Å². The Balaban J connectivity index is 2.56. The van der Waals surface area contributed by atoms with Crippen molar-refractivity contribution in [2.75, 3.05) is 0 Å². The lowest BCUT2D eigenvalue weighted by atomic mass is 9.78. The Morgan fingerprint density at radius 3 is 1.73 bits per heavy atom. The molecule has 0 saturated heterocycles. The summed E-state index contributed by atoms with van der Waals surface area (Å²) in [5.74, 6) is 1.14. The van der Waals surface area contributed by atoms with Gasteiger partial charge in [0.15, 0.2) is 0 Å². The highest BCUT2D eigenvalue weighted by Gasteiger charge is 2.26. The fraction of sp³-hybridized carbons (Fsp3) is 0.500. The predicted octanol–water partition coefficient (Wildman–Crippen LogP) is 3.76. The summed E-state index contributed by atoms with van der Waals surface area (Å²) in [6.07, 6.45) is 3.66. The van der Waals surface area contributed by atoms with E-state index in [2.05, 4.69) is 68.6 Å². The first-order valence-corrected chi connectivity index (χ1v) is 7.57.